The van der Waals surface area contributed by atoms with Crippen molar-refractivity contribution in [2.45, 2.75) is 19.6 Å². The Morgan fingerprint density at radius 3 is 2.71 bits per heavy atom. The lowest BCUT2D eigenvalue weighted by Gasteiger charge is -2.17. The Labute approximate surface area is 129 Å². The summed E-state index contributed by atoms with van der Waals surface area (Å²) in [6, 6.07) is 5.14. The zero-order valence-electron chi connectivity index (χ0n) is 11.9. The number of halogens is 3. The van der Waals surface area contributed by atoms with Crippen LogP contribution in [0.25, 0.3) is 0 Å². The minimum Gasteiger partial charge on any atom is -0.493 e. The first-order valence-electron chi connectivity index (χ1n) is 6.66. The zero-order chi connectivity index (χ0) is 14.5. The van der Waals surface area contributed by atoms with Crippen LogP contribution in [0.4, 0.5) is 8.78 Å². The van der Waals surface area contributed by atoms with Crippen LogP contribution in [0.3, 0.4) is 0 Å². The summed E-state index contributed by atoms with van der Waals surface area (Å²) in [7, 11) is 1.43. The number of benzene rings is 1. The van der Waals surface area contributed by atoms with Gasteiger partial charge in [-0.2, -0.15) is 8.78 Å². The molecule has 1 unspecified atom stereocenters. The molecule has 0 bridgehead atoms. The van der Waals surface area contributed by atoms with E-state index in [1.165, 1.54) is 7.11 Å². The van der Waals surface area contributed by atoms with Crippen LogP contribution >= 0.6 is 12.4 Å². The SMILES string of the molecule is COc1ccc(CN2CCC(CN)C2)cc1OC(F)F.Cl. The van der Waals surface area contributed by atoms with Gasteiger partial charge in [-0.25, -0.2) is 0 Å². The number of likely N-dealkylation sites (tertiary alicyclic amines) is 1. The molecule has 7 heteroatoms. The molecule has 2 N–H and O–H groups in total. The van der Waals surface area contributed by atoms with Crippen LogP contribution in [-0.2, 0) is 6.54 Å². The average molecular weight is 323 g/mol. The molecule has 1 aromatic carbocycles. The normalized spacial score (nSPS) is 18.6. The molecule has 120 valence electrons. The van der Waals surface area contributed by atoms with Crippen LogP contribution in [0.5, 0.6) is 11.5 Å². The van der Waals surface area contributed by atoms with Gasteiger partial charge in [-0.1, -0.05) is 6.07 Å². The fourth-order valence-corrected chi connectivity index (χ4v) is 2.51. The van der Waals surface area contributed by atoms with Crippen molar-refractivity contribution in [2.75, 3.05) is 26.7 Å². The van der Waals surface area contributed by atoms with E-state index in [1.807, 2.05) is 6.07 Å². The van der Waals surface area contributed by atoms with Crippen LogP contribution < -0.4 is 15.2 Å². The molecule has 1 aliphatic rings. The fourth-order valence-electron chi connectivity index (χ4n) is 2.51. The van der Waals surface area contributed by atoms with E-state index >= 15 is 0 Å². The first-order chi connectivity index (χ1) is 9.62. The van der Waals surface area contributed by atoms with E-state index in [4.69, 9.17) is 10.5 Å². The molecule has 1 atom stereocenters. The van der Waals surface area contributed by atoms with Crippen molar-refractivity contribution in [1.29, 1.82) is 0 Å². The summed E-state index contributed by atoms with van der Waals surface area (Å²) >= 11 is 0. The highest BCUT2D eigenvalue weighted by Gasteiger charge is 2.21. The van der Waals surface area contributed by atoms with Crippen molar-refractivity contribution in [1.82, 2.24) is 4.90 Å². The highest BCUT2D eigenvalue weighted by Crippen LogP contribution is 2.30. The minimum absolute atomic E-state index is 0. The number of nitrogens with two attached hydrogens (primary N) is 1. The minimum atomic E-state index is -2.85. The second kappa shape index (κ2) is 8.36. The molecule has 1 aliphatic heterocycles. The second-order valence-electron chi connectivity index (χ2n) is 4.99. The summed E-state index contributed by atoms with van der Waals surface area (Å²) < 4.78 is 34.2. The van der Waals surface area contributed by atoms with Crippen molar-refractivity contribution >= 4 is 12.4 Å². The highest BCUT2D eigenvalue weighted by atomic mass is 35.5. The number of hydrogen-bond donors (Lipinski definition) is 1. The van der Waals surface area contributed by atoms with Gasteiger partial charge in [0.15, 0.2) is 11.5 Å². The van der Waals surface area contributed by atoms with E-state index < -0.39 is 6.61 Å². The van der Waals surface area contributed by atoms with E-state index in [-0.39, 0.29) is 18.2 Å². The van der Waals surface area contributed by atoms with Crippen molar-refractivity contribution < 1.29 is 18.3 Å². The lowest BCUT2D eigenvalue weighted by atomic mass is 10.1. The molecule has 21 heavy (non-hydrogen) atoms. The van der Waals surface area contributed by atoms with Crippen LogP contribution in [0.2, 0.25) is 0 Å². The molecule has 0 aromatic heterocycles. The van der Waals surface area contributed by atoms with Gasteiger partial charge in [0.1, 0.15) is 0 Å². The second-order valence-corrected chi connectivity index (χ2v) is 4.99. The zero-order valence-corrected chi connectivity index (χ0v) is 12.7. The van der Waals surface area contributed by atoms with Gasteiger partial charge in [0, 0.05) is 13.1 Å². The van der Waals surface area contributed by atoms with Crippen molar-refractivity contribution in [3.8, 4) is 11.5 Å². The molecule has 0 spiro atoms. The molecule has 1 fully saturated rings. The molecule has 1 heterocycles. The number of rotatable bonds is 6. The van der Waals surface area contributed by atoms with Crippen LogP contribution in [0.15, 0.2) is 18.2 Å². The molecular formula is C14H21ClF2N2O2. The maximum absolute atomic E-state index is 12.4. The molecule has 0 aliphatic carbocycles. The van der Waals surface area contributed by atoms with Crippen LogP contribution in [-0.4, -0.2) is 38.3 Å². The number of hydrogen-bond acceptors (Lipinski definition) is 4. The van der Waals surface area contributed by atoms with Crippen molar-refractivity contribution in [3.05, 3.63) is 23.8 Å². The van der Waals surface area contributed by atoms with Gasteiger partial charge in [-0.3, -0.25) is 4.90 Å². The van der Waals surface area contributed by atoms with E-state index in [2.05, 4.69) is 9.64 Å². The first-order valence-corrected chi connectivity index (χ1v) is 6.66. The Bertz CT molecular complexity index is 449. The van der Waals surface area contributed by atoms with Crippen molar-refractivity contribution in [2.24, 2.45) is 11.7 Å². The Morgan fingerprint density at radius 1 is 1.38 bits per heavy atom. The molecule has 0 amide bonds. The Hall–Kier alpha value is -1.11. The average Bonchev–Trinajstić information content (AvgIpc) is 2.86. The smallest absolute Gasteiger partial charge is 0.387 e. The van der Waals surface area contributed by atoms with E-state index in [0.29, 0.717) is 24.8 Å². The molecule has 1 saturated heterocycles. The standard InChI is InChI=1S/C14H20F2N2O2.ClH/c1-19-12-3-2-10(6-13(12)20-14(15)16)8-18-5-4-11(7-17)9-18;/h2-3,6,11,14H,4-5,7-9,17H2,1H3;1H. The van der Waals surface area contributed by atoms with Gasteiger partial charge >= 0.3 is 6.61 Å². The summed E-state index contributed by atoms with van der Waals surface area (Å²) in [6.45, 7) is 0.485. The van der Waals surface area contributed by atoms with Crippen LogP contribution in [0, 0.1) is 5.92 Å². The predicted octanol–water partition coefficient (Wildman–Crippen LogP) is 2.50. The summed E-state index contributed by atoms with van der Waals surface area (Å²) in [4.78, 5) is 2.27. The molecule has 0 saturated carbocycles. The molecule has 0 radical (unpaired) electrons. The van der Waals surface area contributed by atoms with Gasteiger partial charge in [0.05, 0.1) is 7.11 Å². The maximum atomic E-state index is 12.4. The first kappa shape index (κ1) is 17.9. The third-order valence-electron chi connectivity index (χ3n) is 3.55. The van der Waals surface area contributed by atoms with E-state index in [9.17, 15) is 8.78 Å². The number of ether oxygens (including phenoxy) is 2. The van der Waals surface area contributed by atoms with Gasteiger partial charge < -0.3 is 15.2 Å². The quantitative estimate of drug-likeness (QED) is 0.874. The molecular weight excluding hydrogens is 302 g/mol. The van der Waals surface area contributed by atoms with Gasteiger partial charge in [-0.15, -0.1) is 12.4 Å². The summed E-state index contributed by atoms with van der Waals surface area (Å²) in [5, 5.41) is 0. The number of methoxy groups -OCH3 is 1. The highest BCUT2D eigenvalue weighted by molar-refractivity contribution is 5.85. The summed E-state index contributed by atoms with van der Waals surface area (Å²) in [5.41, 5.74) is 6.59. The largest absolute Gasteiger partial charge is 0.493 e. The molecule has 2 rings (SSSR count). The van der Waals surface area contributed by atoms with Gasteiger partial charge in [0.2, 0.25) is 0 Å². The maximum Gasteiger partial charge on any atom is 0.387 e. The summed E-state index contributed by atoms with van der Waals surface area (Å²) in [6.07, 6.45) is 1.09. The van der Waals surface area contributed by atoms with Crippen LogP contribution in [0.1, 0.15) is 12.0 Å². The fraction of sp³-hybridized carbons (Fsp3) is 0.571. The van der Waals surface area contributed by atoms with Gasteiger partial charge in [-0.05, 0) is 43.1 Å². The van der Waals surface area contributed by atoms with E-state index in [1.54, 1.807) is 12.1 Å². The lowest BCUT2D eigenvalue weighted by Crippen LogP contribution is -2.22. The molecule has 4 nitrogen and oxygen atoms in total. The predicted molar refractivity (Wildman–Crippen MR) is 79.3 cm³/mol. The Morgan fingerprint density at radius 2 is 2.14 bits per heavy atom. The monoisotopic (exact) mass is 322 g/mol. The van der Waals surface area contributed by atoms with Gasteiger partial charge in [0.25, 0.3) is 0 Å². The van der Waals surface area contributed by atoms with Crippen molar-refractivity contribution in [3.63, 3.8) is 0 Å². The summed E-state index contributed by atoms with van der Waals surface area (Å²) in [5.74, 6) is 0.926. The van der Waals surface area contributed by atoms with E-state index in [0.717, 1.165) is 25.1 Å². The topological polar surface area (TPSA) is 47.7 Å². The Kier molecular flexibility index (Phi) is 7.14. The third kappa shape index (κ3) is 4.98. The Balaban J connectivity index is 0.00000220. The molecule has 1 aromatic rings. The lowest BCUT2D eigenvalue weighted by molar-refractivity contribution is -0.0512. The number of alkyl halides is 2. The number of nitrogens with zero attached hydrogens (tertiary/aromatic N) is 1. The third-order valence-corrected chi connectivity index (χ3v) is 3.55.